The highest BCUT2D eigenvalue weighted by atomic mass is 16.7. The minimum Gasteiger partial charge on any atom is -0.465 e. The number of β-amino-alcohol motifs (C(OH)–C–C–N with tert-alkyl or cyclic N) is 1. The predicted molar refractivity (Wildman–Crippen MR) is 107 cm³/mol. The molecule has 3 heterocycles. The number of ether oxygens (including phenoxy) is 2. The van der Waals surface area contributed by atoms with Crippen LogP contribution in [0.5, 0.6) is 5.75 Å². The Morgan fingerprint density at radius 3 is 2.61 bits per heavy atom. The van der Waals surface area contributed by atoms with E-state index in [-0.39, 0.29) is 12.9 Å². The first-order valence-electron chi connectivity index (χ1n) is 10.1. The molecular weight excluding hydrogens is 356 g/mol. The van der Waals surface area contributed by atoms with Gasteiger partial charge in [-0.25, -0.2) is 9.97 Å². The number of aliphatic hydroxyl groups is 1. The first kappa shape index (κ1) is 19.1. The summed E-state index contributed by atoms with van der Waals surface area (Å²) in [4.78, 5) is 13.5. The number of aliphatic hydroxyl groups excluding tert-OH is 1. The molecule has 1 unspecified atom stereocenters. The van der Waals surface area contributed by atoms with Gasteiger partial charge in [0.1, 0.15) is 17.9 Å². The number of hydrogen-bond donors (Lipinski definition) is 1. The second-order valence-corrected chi connectivity index (χ2v) is 7.25. The Morgan fingerprint density at radius 2 is 1.89 bits per heavy atom. The second kappa shape index (κ2) is 9.32. The van der Waals surface area contributed by atoms with Gasteiger partial charge in [-0.3, -0.25) is 4.90 Å². The lowest BCUT2D eigenvalue weighted by atomic mass is 10.1. The number of benzene rings is 1. The number of nitrogens with zero attached hydrogens (tertiary/aromatic N) is 4. The van der Waals surface area contributed by atoms with E-state index in [0.717, 1.165) is 81.4 Å². The molecule has 1 aromatic carbocycles. The lowest BCUT2D eigenvalue weighted by Gasteiger charge is -2.35. The molecule has 2 aliphatic rings. The van der Waals surface area contributed by atoms with Crippen LogP contribution in [0.25, 0.3) is 11.3 Å². The molecule has 0 radical (unpaired) electrons. The van der Waals surface area contributed by atoms with Crippen LogP contribution < -0.4 is 9.64 Å². The van der Waals surface area contributed by atoms with Crippen LogP contribution in [-0.2, 0) is 4.74 Å². The molecule has 0 aliphatic carbocycles. The lowest BCUT2D eigenvalue weighted by Crippen LogP contribution is -2.47. The van der Waals surface area contributed by atoms with Gasteiger partial charge in [0.2, 0.25) is 0 Å². The Morgan fingerprint density at radius 1 is 1.07 bits per heavy atom. The summed E-state index contributed by atoms with van der Waals surface area (Å²) in [5, 5.41) is 9.08. The Bertz CT molecular complexity index is 742. The van der Waals surface area contributed by atoms with Gasteiger partial charge in [0.05, 0.1) is 18.9 Å². The molecule has 4 rings (SSSR count). The van der Waals surface area contributed by atoms with Gasteiger partial charge >= 0.3 is 0 Å². The molecule has 0 saturated carbocycles. The van der Waals surface area contributed by atoms with E-state index in [9.17, 15) is 0 Å². The molecule has 7 nitrogen and oxygen atoms in total. The van der Waals surface area contributed by atoms with Crippen molar-refractivity contribution >= 4 is 5.82 Å². The SMILES string of the molecule is OCCN1CCN(c2cc(-c3ccc(OC4CCCCO4)cc3)ncn2)CC1. The smallest absolute Gasteiger partial charge is 0.199 e. The zero-order valence-corrected chi connectivity index (χ0v) is 16.2. The van der Waals surface area contributed by atoms with Crippen LogP contribution in [0, 0.1) is 0 Å². The molecule has 28 heavy (non-hydrogen) atoms. The molecule has 2 fully saturated rings. The average molecular weight is 384 g/mol. The fourth-order valence-corrected chi connectivity index (χ4v) is 3.68. The monoisotopic (exact) mass is 384 g/mol. The number of anilines is 1. The highest BCUT2D eigenvalue weighted by Gasteiger charge is 2.18. The summed E-state index contributed by atoms with van der Waals surface area (Å²) in [7, 11) is 0. The van der Waals surface area contributed by atoms with E-state index in [4.69, 9.17) is 14.6 Å². The van der Waals surface area contributed by atoms with E-state index < -0.39 is 0 Å². The van der Waals surface area contributed by atoms with E-state index in [1.165, 1.54) is 0 Å². The third-order valence-electron chi connectivity index (χ3n) is 5.32. The lowest BCUT2D eigenvalue weighted by molar-refractivity contribution is -0.105. The first-order chi connectivity index (χ1) is 13.8. The standard InChI is InChI=1S/C21H28N4O3/c26-13-12-24-8-10-25(11-9-24)20-15-19(22-16-23-20)17-4-6-18(7-5-17)28-21-3-1-2-14-27-21/h4-7,15-16,21,26H,1-3,8-14H2. The molecule has 0 bridgehead atoms. The van der Waals surface area contributed by atoms with Gasteiger partial charge in [-0.2, -0.15) is 0 Å². The molecule has 0 amide bonds. The van der Waals surface area contributed by atoms with E-state index in [1.807, 2.05) is 30.3 Å². The van der Waals surface area contributed by atoms with Gasteiger partial charge in [0.15, 0.2) is 6.29 Å². The Hall–Kier alpha value is -2.22. The topological polar surface area (TPSA) is 71.0 Å². The zero-order chi connectivity index (χ0) is 19.2. The molecule has 0 spiro atoms. The maximum absolute atomic E-state index is 9.08. The van der Waals surface area contributed by atoms with Crippen molar-refractivity contribution in [3.05, 3.63) is 36.7 Å². The van der Waals surface area contributed by atoms with Crippen molar-refractivity contribution < 1.29 is 14.6 Å². The number of hydrogen-bond acceptors (Lipinski definition) is 7. The summed E-state index contributed by atoms with van der Waals surface area (Å²) in [6.45, 7) is 5.42. The highest BCUT2D eigenvalue weighted by Crippen LogP contribution is 2.25. The van der Waals surface area contributed by atoms with Crippen molar-refractivity contribution in [1.82, 2.24) is 14.9 Å². The van der Waals surface area contributed by atoms with E-state index in [0.29, 0.717) is 0 Å². The fourth-order valence-electron chi connectivity index (χ4n) is 3.68. The highest BCUT2D eigenvalue weighted by molar-refractivity contribution is 5.63. The Kier molecular flexibility index (Phi) is 6.36. The maximum atomic E-state index is 9.08. The summed E-state index contributed by atoms with van der Waals surface area (Å²) in [6, 6.07) is 10.1. The molecule has 7 heteroatoms. The summed E-state index contributed by atoms with van der Waals surface area (Å²) < 4.78 is 11.5. The van der Waals surface area contributed by atoms with Gasteiger partial charge in [0.25, 0.3) is 0 Å². The molecule has 1 N–H and O–H groups in total. The summed E-state index contributed by atoms with van der Waals surface area (Å²) in [6.07, 6.45) is 4.72. The summed E-state index contributed by atoms with van der Waals surface area (Å²) >= 11 is 0. The maximum Gasteiger partial charge on any atom is 0.199 e. The van der Waals surface area contributed by atoms with E-state index in [1.54, 1.807) is 6.33 Å². The summed E-state index contributed by atoms with van der Waals surface area (Å²) in [5.74, 6) is 1.77. The van der Waals surface area contributed by atoms with Gasteiger partial charge in [-0.15, -0.1) is 0 Å². The Balaban J connectivity index is 1.40. The van der Waals surface area contributed by atoms with Crippen LogP contribution in [-0.4, -0.2) is 72.2 Å². The van der Waals surface area contributed by atoms with Crippen LogP contribution in [0.1, 0.15) is 19.3 Å². The van der Waals surface area contributed by atoms with Crippen molar-refractivity contribution in [2.75, 3.05) is 50.8 Å². The third kappa shape index (κ3) is 4.79. The molecule has 2 saturated heterocycles. The van der Waals surface area contributed by atoms with Crippen molar-refractivity contribution in [1.29, 1.82) is 0 Å². The van der Waals surface area contributed by atoms with Crippen LogP contribution in [0.4, 0.5) is 5.82 Å². The average Bonchev–Trinajstić information content (AvgIpc) is 2.76. The van der Waals surface area contributed by atoms with Gasteiger partial charge in [-0.05, 0) is 37.1 Å². The van der Waals surface area contributed by atoms with E-state index in [2.05, 4.69) is 19.8 Å². The van der Waals surface area contributed by atoms with Gasteiger partial charge in [0, 0.05) is 50.8 Å². The minimum atomic E-state index is -0.130. The Labute approximate surface area is 165 Å². The van der Waals surface area contributed by atoms with Crippen LogP contribution >= 0.6 is 0 Å². The molecule has 2 aromatic rings. The second-order valence-electron chi connectivity index (χ2n) is 7.25. The molecule has 1 aromatic heterocycles. The molecule has 1 atom stereocenters. The van der Waals surface area contributed by atoms with Crippen molar-refractivity contribution in [3.8, 4) is 17.0 Å². The third-order valence-corrected chi connectivity index (χ3v) is 5.32. The van der Waals surface area contributed by atoms with Crippen molar-refractivity contribution in [2.24, 2.45) is 0 Å². The van der Waals surface area contributed by atoms with Crippen molar-refractivity contribution in [3.63, 3.8) is 0 Å². The van der Waals surface area contributed by atoms with Crippen molar-refractivity contribution in [2.45, 2.75) is 25.6 Å². The summed E-state index contributed by atoms with van der Waals surface area (Å²) in [5.41, 5.74) is 1.95. The predicted octanol–water partition coefficient (Wildman–Crippen LogP) is 2.16. The number of rotatable bonds is 6. The normalized spacial score (nSPS) is 20.9. The molecule has 150 valence electrons. The van der Waals surface area contributed by atoms with Crippen LogP contribution in [0.3, 0.4) is 0 Å². The number of aromatic nitrogens is 2. The van der Waals surface area contributed by atoms with Crippen LogP contribution in [0.15, 0.2) is 36.7 Å². The van der Waals surface area contributed by atoms with Crippen LogP contribution in [0.2, 0.25) is 0 Å². The van der Waals surface area contributed by atoms with Gasteiger partial charge < -0.3 is 19.5 Å². The fraction of sp³-hybridized carbons (Fsp3) is 0.524. The largest absolute Gasteiger partial charge is 0.465 e. The molecule has 2 aliphatic heterocycles. The number of piperazine rings is 1. The quantitative estimate of drug-likeness (QED) is 0.818. The van der Waals surface area contributed by atoms with Gasteiger partial charge in [-0.1, -0.05) is 0 Å². The molecular formula is C21H28N4O3. The minimum absolute atomic E-state index is 0.130. The first-order valence-corrected chi connectivity index (χ1v) is 10.1. The zero-order valence-electron chi connectivity index (χ0n) is 16.2. The van der Waals surface area contributed by atoms with E-state index >= 15 is 0 Å².